The quantitative estimate of drug-likeness (QED) is 0.489. The zero-order chi connectivity index (χ0) is 22.9. The van der Waals surface area contributed by atoms with Gasteiger partial charge in [0, 0.05) is 13.1 Å². The SMILES string of the molecule is CCCn1c(=O)c2c(nc(C3=C4CCC(C4)C3)n2COCc2ccccc2)n(CCC)c1=O. The van der Waals surface area contributed by atoms with E-state index in [-0.39, 0.29) is 18.0 Å². The molecule has 7 heteroatoms. The van der Waals surface area contributed by atoms with Crippen molar-refractivity contribution in [3.05, 3.63) is 68.1 Å². The van der Waals surface area contributed by atoms with Crippen LogP contribution in [0.3, 0.4) is 0 Å². The third-order valence-electron chi connectivity index (χ3n) is 6.92. The van der Waals surface area contributed by atoms with E-state index >= 15 is 0 Å². The average molecular weight is 449 g/mol. The van der Waals surface area contributed by atoms with Crippen LogP contribution in [0.15, 0.2) is 45.5 Å². The Hall–Kier alpha value is -2.93. The summed E-state index contributed by atoms with van der Waals surface area (Å²) in [6.07, 6.45) is 5.99. The van der Waals surface area contributed by atoms with Gasteiger partial charge in [0.25, 0.3) is 5.56 Å². The van der Waals surface area contributed by atoms with Crippen molar-refractivity contribution in [1.82, 2.24) is 18.7 Å². The van der Waals surface area contributed by atoms with Crippen LogP contribution in [0.4, 0.5) is 0 Å². The van der Waals surface area contributed by atoms with Crippen molar-refractivity contribution in [3.8, 4) is 0 Å². The van der Waals surface area contributed by atoms with Gasteiger partial charge < -0.3 is 4.74 Å². The number of nitrogens with zero attached hydrogens (tertiary/aromatic N) is 4. The van der Waals surface area contributed by atoms with E-state index < -0.39 is 0 Å². The molecule has 0 saturated heterocycles. The van der Waals surface area contributed by atoms with Crippen molar-refractivity contribution >= 4 is 16.7 Å². The number of ether oxygens (including phenoxy) is 1. The molecule has 0 N–H and O–H groups in total. The van der Waals surface area contributed by atoms with E-state index in [9.17, 15) is 9.59 Å². The number of benzene rings is 1. The molecular weight excluding hydrogens is 416 g/mol. The smallest absolute Gasteiger partial charge is 0.332 e. The standard InChI is InChI=1S/C26H32N4O3/c1-3-12-28-24-22(25(31)29(13-4-2)26(28)32)30(17-33-16-18-8-6-5-7-9-18)23(27-24)21-15-19-10-11-20(21)14-19/h5-9,19H,3-4,10-17H2,1-2H3. The van der Waals surface area contributed by atoms with E-state index in [4.69, 9.17) is 9.72 Å². The van der Waals surface area contributed by atoms with Crippen LogP contribution in [0, 0.1) is 5.92 Å². The van der Waals surface area contributed by atoms with E-state index in [1.165, 1.54) is 22.1 Å². The maximum atomic E-state index is 13.6. The number of aromatic nitrogens is 4. The third kappa shape index (κ3) is 3.88. The molecule has 1 aromatic carbocycles. The minimum Gasteiger partial charge on any atom is -0.356 e. The zero-order valence-corrected chi connectivity index (χ0v) is 19.5. The molecule has 2 aliphatic carbocycles. The van der Waals surface area contributed by atoms with Gasteiger partial charge in [-0.25, -0.2) is 9.78 Å². The molecule has 2 heterocycles. The summed E-state index contributed by atoms with van der Waals surface area (Å²) in [7, 11) is 0. The average Bonchev–Trinajstić information content (AvgIpc) is 3.55. The minimum atomic E-state index is -0.264. The van der Waals surface area contributed by atoms with E-state index in [2.05, 4.69) is 0 Å². The zero-order valence-electron chi connectivity index (χ0n) is 19.5. The van der Waals surface area contributed by atoms with Gasteiger partial charge in [0.1, 0.15) is 12.6 Å². The molecule has 5 rings (SSSR count). The topological polar surface area (TPSA) is 71.0 Å². The molecule has 1 unspecified atom stereocenters. The van der Waals surface area contributed by atoms with Crippen LogP contribution in [-0.2, 0) is 31.2 Å². The lowest BCUT2D eigenvalue weighted by Crippen LogP contribution is -2.40. The lowest BCUT2D eigenvalue weighted by Gasteiger charge is -2.15. The number of allylic oxidation sites excluding steroid dienone is 2. The Morgan fingerprint density at radius 1 is 1.00 bits per heavy atom. The molecule has 2 aliphatic rings. The lowest BCUT2D eigenvalue weighted by molar-refractivity contribution is 0.0657. The molecule has 0 radical (unpaired) electrons. The van der Waals surface area contributed by atoms with E-state index in [0.717, 1.165) is 43.5 Å². The summed E-state index contributed by atoms with van der Waals surface area (Å²) in [6, 6.07) is 10.0. The number of aryl methyl sites for hydroxylation is 1. The highest BCUT2D eigenvalue weighted by atomic mass is 16.5. The van der Waals surface area contributed by atoms with E-state index in [1.54, 1.807) is 4.57 Å². The maximum Gasteiger partial charge on any atom is 0.332 e. The van der Waals surface area contributed by atoms with Gasteiger partial charge in [-0.05, 0) is 55.6 Å². The fraction of sp³-hybridized carbons (Fsp3) is 0.500. The van der Waals surface area contributed by atoms with E-state index in [1.807, 2.05) is 48.7 Å². The van der Waals surface area contributed by atoms with Crippen molar-refractivity contribution in [2.75, 3.05) is 0 Å². The number of fused-ring (bicyclic) bond motifs is 3. The molecule has 1 atom stereocenters. The molecule has 0 aliphatic heterocycles. The maximum absolute atomic E-state index is 13.6. The molecule has 3 aromatic rings. The Kier molecular flexibility index (Phi) is 6.06. The number of hydrogen-bond acceptors (Lipinski definition) is 4. The Labute approximate surface area is 193 Å². The highest BCUT2D eigenvalue weighted by molar-refractivity contribution is 5.78. The summed E-state index contributed by atoms with van der Waals surface area (Å²) in [6.45, 7) is 5.64. The van der Waals surface area contributed by atoms with Gasteiger partial charge >= 0.3 is 5.69 Å². The van der Waals surface area contributed by atoms with Gasteiger partial charge in [0.2, 0.25) is 0 Å². The summed E-state index contributed by atoms with van der Waals surface area (Å²) in [5.41, 5.74) is 4.24. The fourth-order valence-corrected chi connectivity index (χ4v) is 5.38. The highest BCUT2D eigenvalue weighted by Crippen LogP contribution is 2.48. The monoisotopic (exact) mass is 448 g/mol. The predicted molar refractivity (Wildman–Crippen MR) is 129 cm³/mol. The largest absolute Gasteiger partial charge is 0.356 e. The molecular formula is C26H32N4O3. The Morgan fingerprint density at radius 2 is 1.76 bits per heavy atom. The second-order valence-electron chi connectivity index (χ2n) is 9.28. The van der Waals surface area contributed by atoms with Crippen LogP contribution >= 0.6 is 0 Å². The first-order valence-corrected chi connectivity index (χ1v) is 12.2. The Morgan fingerprint density at radius 3 is 2.42 bits per heavy atom. The molecule has 2 aromatic heterocycles. The minimum absolute atomic E-state index is 0.230. The molecule has 33 heavy (non-hydrogen) atoms. The van der Waals surface area contributed by atoms with Gasteiger partial charge in [-0.1, -0.05) is 49.8 Å². The highest BCUT2D eigenvalue weighted by Gasteiger charge is 2.34. The third-order valence-corrected chi connectivity index (χ3v) is 6.92. The van der Waals surface area contributed by atoms with Crippen LogP contribution in [0.1, 0.15) is 63.8 Å². The normalized spacial score (nSPS) is 17.6. The molecule has 7 nitrogen and oxygen atoms in total. The summed E-state index contributed by atoms with van der Waals surface area (Å²) in [5, 5.41) is 0. The van der Waals surface area contributed by atoms with Crippen LogP contribution in [-0.4, -0.2) is 18.7 Å². The molecule has 1 saturated carbocycles. The first-order valence-electron chi connectivity index (χ1n) is 12.2. The Bertz CT molecular complexity index is 1310. The number of hydrogen-bond donors (Lipinski definition) is 0. The fourth-order valence-electron chi connectivity index (χ4n) is 5.38. The van der Waals surface area contributed by atoms with Crippen molar-refractivity contribution in [3.63, 3.8) is 0 Å². The lowest BCUT2D eigenvalue weighted by atomic mass is 9.99. The molecule has 0 spiro atoms. The second-order valence-corrected chi connectivity index (χ2v) is 9.28. The van der Waals surface area contributed by atoms with Gasteiger partial charge in [0.15, 0.2) is 11.2 Å². The number of imidazole rings is 1. The van der Waals surface area contributed by atoms with Crippen molar-refractivity contribution < 1.29 is 4.74 Å². The molecule has 1 fully saturated rings. The van der Waals surface area contributed by atoms with Crippen LogP contribution in [0.25, 0.3) is 16.7 Å². The number of rotatable bonds is 9. The second kappa shape index (κ2) is 9.14. The van der Waals surface area contributed by atoms with Crippen molar-refractivity contribution in [2.45, 2.75) is 78.8 Å². The van der Waals surface area contributed by atoms with Gasteiger partial charge in [-0.15, -0.1) is 0 Å². The Balaban J connectivity index is 1.66. The summed E-state index contributed by atoms with van der Waals surface area (Å²) in [4.78, 5) is 31.7. The van der Waals surface area contributed by atoms with Gasteiger partial charge in [-0.3, -0.25) is 18.5 Å². The van der Waals surface area contributed by atoms with Crippen LogP contribution in [0.2, 0.25) is 0 Å². The van der Waals surface area contributed by atoms with Crippen molar-refractivity contribution in [1.29, 1.82) is 0 Å². The van der Waals surface area contributed by atoms with Crippen LogP contribution in [0.5, 0.6) is 0 Å². The predicted octanol–water partition coefficient (Wildman–Crippen LogP) is 4.31. The molecule has 0 amide bonds. The first kappa shape index (κ1) is 21.9. The van der Waals surface area contributed by atoms with Gasteiger partial charge in [0.05, 0.1) is 6.61 Å². The summed E-state index contributed by atoms with van der Waals surface area (Å²) >= 11 is 0. The van der Waals surface area contributed by atoms with E-state index in [0.29, 0.717) is 36.8 Å². The molecule has 2 bridgehead atoms. The van der Waals surface area contributed by atoms with Gasteiger partial charge in [-0.2, -0.15) is 0 Å². The van der Waals surface area contributed by atoms with Crippen molar-refractivity contribution in [2.24, 2.45) is 5.92 Å². The summed E-state index contributed by atoms with van der Waals surface area (Å²) < 4.78 is 11.1. The van der Waals surface area contributed by atoms with Crippen LogP contribution < -0.4 is 11.2 Å². The first-order chi connectivity index (χ1) is 16.1. The molecule has 174 valence electrons. The summed E-state index contributed by atoms with van der Waals surface area (Å²) in [5.74, 6) is 1.49.